The third-order valence-corrected chi connectivity index (χ3v) is 8.76. The highest BCUT2D eigenvalue weighted by molar-refractivity contribution is 6.06. The van der Waals surface area contributed by atoms with Crippen molar-refractivity contribution in [2.75, 3.05) is 19.7 Å². The summed E-state index contributed by atoms with van der Waals surface area (Å²) in [5.41, 5.74) is 8.79. The Kier molecular flexibility index (Phi) is 7.83. The van der Waals surface area contributed by atoms with E-state index in [0.717, 1.165) is 67.7 Å². The maximum atomic E-state index is 14.9. The first kappa shape index (κ1) is 29.1. The Balaban J connectivity index is 1.17. The number of para-hydroxylation sites is 1. The molecule has 10 heteroatoms. The average molecular weight is 589 g/mol. The third kappa shape index (κ3) is 5.69. The van der Waals surface area contributed by atoms with Crippen molar-refractivity contribution in [2.24, 2.45) is 5.73 Å². The number of aldehydes is 1. The minimum atomic E-state index is -1.24. The largest absolute Gasteiger partial charge is 0.444 e. The maximum absolute atomic E-state index is 14.9. The third-order valence-electron chi connectivity index (χ3n) is 8.76. The number of nitrogens with zero attached hydrogens (tertiary/aromatic N) is 3. The first-order valence-electron chi connectivity index (χ1n) is 14.8. The number of likely N-dealkylation sites (tertiary alicyclic amines) is 1. The smallest absolute Gasteiger partial charge is 0.278 e. The minimum Gasteiger partial charge on any atom is -0.444 e. The van der Waals surface area contributed by atoms with Crippen molar-refractivity contribution < 1.29 is 28.2 Å². The first-order valence-corrected chi connectivity index (χ1v) is 14.8. The summed E-state index contributed by atoms with van der Waals surface area (Å²) in [5, 5.41) is 0. The van der Waals surface area contributed by atoms with E-state index in [2.05, 4.69) is 15.5 Å². The number of piperidine rings is 1. The van der Waals surface area contributed by atoms with Gasteiger partial charge in [-0.25, -0.2) is 9.37 Å². The van der Waals surface area contributed by atoms with E-state index in [9.17, 15) is 14.0 Å². The van der Waals surface area contributed by atoms with Gasteiger partial charge < -0.3 is 24.5 Å². The van der Waals surface area contributed by atoms with Crippen molar-refractivity contribution in [3.63, 3.8) is 0 Å². The van der Waals surface area contributed by atoms with E-state index >= 15 is 0 Å². The van der Waals surface area contributed by atoms with Crippen molar-refractivity contribution in [1.82, 2.24) is 14.5 Å². The second-order valence-corrected chi connectivity index (χ2v) is 11.8. The monoisotopic (exact) mass is 588 g/mol. The highest BCUT2D eigenvalue weighted by atomic mass is 19.1. The summed E-state index contributed by atoms with van der Waals surface area (Å²) in [5.74, 6) is 0.375. The second-order valence-electron chi connectivity index (χ2n) is 11.8. The highest BCUT2D eigenvalue weighted by Crippen LogP contribution is 2.49. The summed E-state index contributed by atoms with van der Waals surface area (Å²) in [4.78, 5) is 30.9. The van der Waals surface area contributed by atoms with Gasteiger partial charge in [-0.05, 0) is 75.9 Å². The van der Waals surface area contributed by atoms with Gasteiger partial charge in [-0.3, -0.25) is 14.5 Å². The molecule has 2 N–H and O–H groups in total. The van der Waals surface area contributed by atoms with E-state index < -0.39 is 5.79 Å². The predicted molar refractivity (Wildman–Crippen MR) is 157 cm³/mol. The van der Waals surface area contributed by atoms with Gasteiger partial charge in [0.15, 0.2) is 17.8 Å². The molecule has 3 aromatic rings. The number of benzene rings is 2. The molecule has 4 heterocycles. The molecule has 0 radical (unpaired) electrons. The number of aromatic nitrogens is 2. The molecule has 2 unspecified atom stereocenters. The summed E-state index contributed by atoms with van der Waals surface area (Å²) < 4.78 is 35.2. The maximum Gasteiger partial charge on any atom is 0.278 e. The quantitative estimate of drug-likeness (QED) is 0.218. The molecule has 0 bridgehead atoms. The van der Waals surface area contributed by atoms with E-state index in [1.807, 2.05) is 32.0 Å². The van der Waals surface area contributed by atoms with E-state index in [1.165, 1.54) is 6.07 Å². The van der Waals surface area contributed by atoms with Gasteiger partial charge in [-0.1, -0.05) is 18.2 Å². The molecule has 2 saturated heterocycles. The lowest BCUT2D eigenvalue weighted by Gasteiger charge is -2.33. The fourth-order valence-electron chi connectivity index (χ4n) is 6.24. The van der Waals surface area contributed by atoms with Crippen LogP contribution in [0.5, 0.6) is 11.5 Å². The van der Waals surface area contributed by atoms with Crippen molar-refractivity contribution in [3.05, 3.63) is 87.9 Å². The summed E-state index contributed by atoms with van der Waals surface area (Å²) >= 11 is 0. The Bertz CT molecular complexity index is 1590. The van der Waals surface area contributed by atoms with Crippen molar-refractivity contribution in [3.8, 4) is 11.5 Å². The van der Waals surface area contributed by atoms with Crippen LogP contribution in [0.2, 0.25) is 0 Å². The van der Waals surface area contributed by atoms with Gasteiger partial charge in [0.25, 0.3) is 5.79 Å². The number of fused-ring (bicyclic) bond motifs is 1. The Morgan fingerprint density at radius 1 is 1.16 bits per heavy atom. The lowest BCUT2D eigenvalue weighted by Crippen LogP contribution is -2.35. The number of nitrogens with two attached hydrogens (primary N) is 1. The Labute approximate surface area is 250 Å². The van der Waals surface area contributed by atoms with Gasteiger partial charge in [0, 0.05) is 30.9 Å². The molecular weight excluding hydrogens is 551 g/mol. The van der Waals surface area contributed by atoms with Crippen LogP contribution in [0.15, 0.2) is 48.2 Å². The van der Waals surface area contributed by atoms with Crippen molar-refractivity contribution >= 4 is 12.1 Å². The minimum absolute atomic E-state index is 0.0948. The van der Waals surface area contributed by atoms with Crippen molar-refractivity contribution in [1.29, 1.82) is 0 Å². The number of allylic oxidation sites excluding steroid dienone is 2. The summed E-state index contributed by atoms with van der Waals surface area (Å²) in [6, 6.07) is 11.0. The normalized spacial score (nSPS) is 22.4. The number of ketones is 1. The molecule has 226 valence electrons. The topological polar surface area (TPSA) is 109 Å². The molecule has 1 aromatic heterocycles. The molecule has 3 aliphatic rings. The lowest BCUT2D eigenvalue weighted by atomic mass is 9.88. The number of hydrogen-bond donors (Lipinski definition) is 1. The van der Waals surface area contributed by atoms with Gasteiger partial charge in [0.2, 0.25) is 5.78 Å². The summed E-state index contributed by atoms with van der Waals surface area (Å²) in [6.07, 6.45) is 4.43. The fourth-order valence-corrected chi connectivity index (χ4v) is 6.24. The van der Waals surface area contributed by atoms with Gasteiger partial charge in [-0.2, -0.15) is 0 Å². The van der Waals surface area contributed by atoms with Crippen LogP contribution in [0, 0.1) is 19.7 Å². The average Bonchev–Trinajstić information content (AvgIpc) is 3.47. The van der Waals surface area contributed by atoms with Gasteiger partial charge in [0.1, 0.15) is 17.3 Å². The zero-order valence-electron chi connectivity index (χ0n) is 24.8. The number of carbonyl (C=O) groups excluding carboxylic acids is 2. The summed E-state index contributed by atoms with van der Waals surface area (Å²) in [7, 11) is 0. The number of imidazole rings is 1. The molecule has 3 aliphatic heterocycles. The van der Waals surface area contributed by atoms with Crippen LogP contribution in [0.25, 0.3) is 0 Å². The van der Waals surface area contributed by atoms with E-state index in [-0.39, 0.29) is 29.3 Å². The highest BCUT2D eigenvalue weighted by Gasteiger charge is 2.43. The van der Waals surface area contributed by atoms with E-state index in [4.69, 9.17) is 24.9 Å². The van der Waals surface area contributed by atoms with Gasteiger partial charge in [-0.15, -0.1) is 0 Å². The fraction of sp³-hybridized carbons (Fsp3) is 0.424. The van der Waals surface area contributed by atoms with Crippen LogP contribution < -0.4 is 15.2 Å². The van der Waals surface area contributed by atoms with E-state index in [1.54, 1.807) is 13.0 Å². The molecule has 0 saturated carbocycles. The molecule has 2 aromatic carbocycles. The molecule has 0 aliphatic carbocycles. The molecule has 43 heavy (non-hydrogen) atoms. The van der Waals surface area contributed by atoms with Crippen LogP contribution in [0.4, 0.5) is 4.39 Å². The molecule has 2 atom stereocenters. The molecule has 9 nitrogen and oxygen atoms in total. The molecule has 6 rings (SSSR count). The van der Waals surface area contributed by atoms with Crippen LogP contribution in [0.3, 0.4) is 0 Å². The van der Waals surface area contributed by atoms with Crippen LogP contribution in [0.1, 0.15) is 70.8 Å². The zero-order chi connectivity index (χ0) is 30.3. The number of hydrogen-bond acceptors (Lipinski definition) is 8. The number of carbonyl (C=O) groups is 2. The van der Waals surface area contributed by atoms with Crippen molar-refractivity contribution in [2.45, 2.75) is 70.9 Å². The lowest BCUT2D eigenvalue weighted by molar-refractivity contribution is -0.105. The summed E-state index contributed by atoms with van der Waals surface area (Å²) in [6.45, 7) is 9.07. The number of ether oxygens (including phenoxy) is 3. The van der Waals surface area contributed by atoms with E-state index in [0.29, 0.717) is 42.1 Å². The van der Waals surface area contributed by atoms with Gasteiger partial charge >= 0.3 is 0 Å². The number of aryl methyl sites for hydroxylation is 1. The number of halogens is 1. The second kappa shape index (κ2) is 11.6. The Hall–Kier alpha value is -4.02. The molecular formula is C33H37FN4O5. The number of rotatable bonds is 9. The zero-order valence-corrected chi connectivity index (χ0v) is 24.8. The predicted octanol–water partition coefficient (Wildman–Crippen LogP) is 4.68. The molecule has 0 spiro atoms. The first-order chi connectivity index (χ1) is 20.6. The molecule has 0 amide bonds. The van der Waals surface area contributed by atoms with Crippen LogP contribution in [-0.2, 0) is 28.4 Å². The standard InChI is InChI=1S/C33H37FN4O5/c1-20-7-8-26(27(34)15-20)33(3)42-29-6-4-5-25(32(29)43-33)22-9-12-37(13-10-22)18-30-36-31(28(40)16-23(35)19-39)21(2)38(30)17-24-11-14-41-24/h4-8,15-16,19,22,24H,9-14,17-18,35H2,1-3H3/b23-16-. The Morgan fingerprint density at radius 3 is 2.60 bits per heavy atom. The van der Waals surface area contributed by atoms with Gasteiger partial charge in [0.05, 0.1) is 30.5 Å². The van der Waals surface area contributed by atoms with Crippen LogP contribution >= 0.6 is 0 Å². The Morgan fingerprint density at radius 2 is 1.93 bits per heavy atom. The van der Waals surface area contributed by atoms with Crippen LogP contribution in [-0.4, -0.2) is 52.3 Å². The molecule has 2 fully saturated rings. The SMILES string of the molecule is Cc1ccc(C2(C)Oc3cccc(C4CCN(Cc5nc(C(=O)/C=C(\N)C=O)c(C)n5CC5CCO5)CC4)c3O2)c(F)c1.